The van der Waals surface area contributed by atoms with Crippen LogP contribution in [0.25, 0.3) is 0 Å². The van der Waals surface area contributed by atoms with E-state index in [1.807, 2.05) is 11.8 Å². The second kappa shape index (κ2) is 18.3. The van der Waals surface area contributed by atoms with Crippen LogP contribution in [0.1, 0.15) is 71.1 Å². The third kappa shape index (κ3) is 18.3. The van der Waals surface area contributed by atoms with Crippen molar-refractivity contribution in [3.8, 4) is 0 Å². The minimum atomic E-state index is 0.253. The molecule has 0 radical (unpaired) electrons. The molecule has 2 nitrogen and oxygen atoms in total. The summed E-state index contributed by atoms with van der Waals surface area (Å²) >= 11 is 2.04. The lowest BCUT2D eigenvalue weighted by molar-refractivity contribution is 0.294. The first-order chi connectivity index (χ1) is 9.41. The van der Waals surface area contributed by atoms with Crippen molar-refractivity contribution in [2.45, 2.75) is 71.1 Å². The third-order valence-electron chi connectivity index (χ3n) is 3.35. The van der Waals surface area contributed by atoms with Crippen molar-refractivity contribution >= 4 is 11.8 Å². The minimum Gasteiger partial charge on any atom is -0.395 e. The van der Waals surface area contributed by atoms with Crippen LogP contribution >= 0.6 is 11.8 Å². The monoisotopic (exact) mass is 289 g/mol. The van der Waals surface area contributed by atoms with Crippen LogP contribution in [-0.4, -0.2) is 36.3 Å². The first-order valence-electron chi connectivity index (χ1n) is 8.31. The van der Waals surface area contributed by atoms with Gasteiger partial charge in [-0.2, -0.15) is 11.8 Å². The molecule has 0 heterocycles. The Morgan fingerprint density at radius 1 is 0.737 bits per heavy atom. The zero-order valence-electron chi connectivity index (χ0n) is 13.0. The number of thioether (sulfide) groups is 1. The van der Waals surface area contributed by atoms with Crippen LogP contribution in [0.3, 0.4) is 0 Å². The van der Waals surface area contributed by atoms with Crippen molar-refractivity contribution in [3.63, 3.8) is 0 Å². The van der Waals surface area contributed by atoms with Gasteiger partial charge in [-0.05, 0) is 12.2 Å². The molecule has 0 aliphatic carbocycles. The molecule has 0 aromatic heterocycles. The summed E-state index contributed by atoms with van der Waals surface area (Å²) in [5.74, 6) is 2.48. The van der Waals surface area contributed by atoms with E-state index in [-0.39, 0.29) is 6.61 Å². The van der Waals surface area contributed by atoms with Crippen molar-refractivity contribution in [1.29, 1.82) is 0 Å². The molecule has 116 valence electrons. The first kappa shape index (κ1) is 19.3. The fourth-order valence-corrected chi connectivity index (χ4v) is 3.04. The lowest BCUT2D eigenvalue weighted by Crippen LogP contribution is -2.20. The highest BCUT2D eigenvalue weighted by molar-refractivity contribution is 7.99. The summed E-state index contributed by atoms with van der Waals surface area (Å²) < 4.78 is 0. The average Bonchev–Trinajstić information content (AvgIpc) is 2.43. The van der Waals surface area contributed by atoms with Crippen LogP contribution in [0.15, 0.2) is 0 Å². The molecule has 0 aliphatic heterocycles. The van der Waals surface area contributed by atoms with Gasteiger partial charge in [0, 0.05) is 18.8 Å². The highest BCUT2D eigenvalue weighted by atomic mass is 32.2. The SMILES string of the molecule is CCCCCCCCCCCCSCCNCCO. The van der Waals surface area contributed by atoms with Gasteiger partial charge in [-0.3, -0.25) is 0 Å². The maximum Gasteiger partial charge on any atom is 0.0555 e. The number of aliphatic hydroxyl groups is 1. The molecule has 0 bridgehead atoms. The Morgan fingerprint density at radius 3 is 1.89 bits per heavy atom. The van der Waals surface area contributed by atoms with Crippen molar-refractivity contribution in [2.75, 3.05) is 31.2 Å². The Labute approximate surface area is 125 Å². The highest BCUT2D eigenvalue weighted by Gasteiger charge is 1.93. The fourth-order valence-electron chi connectivity index (χ4n) is 2.14. The zero-order chi connectivity index (χ0) is 14.0. The maximum absolute atomic E-state index is 8.60. The van der Waals surface area contributed by atoms with E-state index in [2.05, 4.69) is 12.2 Å². The van der Waals surface area contributed by atoms with Crippen LogP contribution in [0.5, 0.6) is 0 Å². The number of aliphatic hydroxyl groups excluding tert-OH is 1. The second-order valence-corrected chi connectivity index (χ2v) is 6.49. The molecule has 0 saturated heterocycles. The van der Waals surface area contributed by atoms with E-state index in [1.54, 1.807) is 0 Å². The summed E-state index contributed by atoms with van der Waals surface area (Å²) in [6.07, 6.45) is 14.2. The van der Waals surface area contributed by atoms with E-state index < -0.39 is 0 Å². The topological polar surface area (TPSA) is 32.3 Å². The molecule has 0 atom stereocenters. The van der Waals surface area contributed by atoms with Gasteiger partial charge >= 0.3 is 0 Å². The summed E-state index contributed by atoms with van der Waals surface area (Å²) in [6, 6.07) is 0. The van der Waals surface area contributed by atoms with Crippen molar-refractivity contribution in [3.05, 3.63) is 0 Å². The molecule has 0 amide bonds. The zero-order valence-corrected chi connectivity index (χ0v) is 13.8. The first-order valence-corrected chi connectivity index (χ1v) is 9.46. The summed E-state index contributed by atoms with van der Waals surface area (Å²) in [5, 5.41) is 11.8. The van der Waals surface area contributed by atoms with E-state index in [0.29, 0.717) is 0 Å². The van der Waals surface area contributed by atoms with Gasteiger partial charge in [-0.25, -0.2) is 0 Å². The number of rotatable bonds is 16. The van der Waals surface area contributed by atoms with Gasteiger partial charge in [0.05, 0.1) is 6.61 Å². The second-order valence-electron chi connectivity index (χ2n) is 5.27. The molecule has 0 saturated carbocycles. The molecule has 0 spiro atoms. The van der Waals surface area contributed by atoms with Gasteiger partial charge in [0.2, 0.25) is 0 Å². The minimum absolute atomic E-state index is 0.253. The molecule has 0 rings (SSSR count). The fraction of sp³-hybridized carbons (Fsp3) is 1.00. The molecule has 3 heteroatoms. The molecule has 19 heavy (non-hydrogen) atoms. The van der Waals surface area contributed by atoms with Gasteiger partial charge in [-0.15, -0.1) is 0 Å². The van der Waals surface area contributed by atoms with Crippen LogP contribution in [0.2, 0.25) is 0 Å². The number of hydrogen-bond donors (Lipinski definition) is 2. The predicted molar refractivity (Wildman–Crippen MR) is 89.1 cm³/mol. The molecular weight excluding hydrogens is 254 g/mol. The van der Waals surface area contributed by atoms with Crippen LogP contribution in [0.4, 0.5) is 0 Å². The highest BCUT2D eigenvalue weighted by Crippen LogP contribution is 2.12. The summed E-state index contributed by atoms with van der Waals surface area (Å²) in [6.45, 7) is 4.30. The van der Waals surface area contributed by atoms with E-state index in [1.165, 1.54) is 75.7 Å². The predicted octanol–water partition coefficient (Wildman–Crippen LogP) is 4.22. The van der Waals surface area contributed by atoms with E-state index in [9.17, 15) is 0 Å². The lowest BCUT2D eigenvalue weighted by atomic mass is 10.1. The summed E-state index contributed by atoms with van der Waals surface area (Å²) in [7, 11) is 0. The quantitative estimate of drug-likeness (QED) is 0.417. The molecule has 0 unspecified atom stereocenters. The molecule has 2 N–H and O–H groups in total. The van der Waals surface area contributed by atoms with E-state index in [4.69, 9.17) is 5.11 Å². The molecule has 0 fully saturated rings. The van der Waals surface area contributed by atoms with Gasteiger partial charge in [0.1, 0.15) is 0 Å². The number of hydrogen-bond acceptors (Lipinski definition) is 3. The van der Waals surface area contributed by atoms with Crippen molar-refractivity contribution in [1.82, 2.24) is 5.32 Å². The molecule has 0 aromatic rings. The third-order valence-corrected chi connectivity index (χ3v) is 4.42. The van der Waals surface area contributed by atoms with E-state index >= 15 is 0 Å². The maximum atomic E-state index is 8.60. The van der Waals surface area contributed by atoms with Crippen LogP contribution in [0, 0.1) is 0 Å². The van der Waals surface area contributed by atoms with Crippen molar-refractivity contribution in [2.24, 2.45) is 0 Å². The number of nitrogens with one attached hydrogen (secondary N) is 1. The van der Waals surface area contributed by atoms with Gasteiger partial charge in [0.15, 0.2) is 0 Å². The summed E-state index contributed by atoms with van der Waals surface area (Å²) in [4.78, 5) is 0. The van der Waals surface area contributed by atoms with Crippen LogP contribution in [-0.2, 0) is 0 Å². The largest absolute Gasteiger partial charge is 0.395 e. The normalized spacial score (nSPS) is 11.1. The Morgan fingerprint density at radius 2 is 1.32 bits per heavy atom. The van der Waals surface area contributed by atoms with Gasteiger partial charge in [0.25, 0.3) is 0 Å². The molecule has 0 aliphatic rings. The Kier molecular flexibility index (Phi) is 18.5. The van der Waals surface area contributed by atoms with Gasteiger partial charge in [-0.1, -0.05) is 64.7 Å². The Bertz CT molecular complexity index is 140. The lowest BCUT2D eigenvalue weighted by Gasteiger charge is -2.04. The average molecular weight is 290 g/mol. The standard InChI is InChI=1S/C16H35NOS/c1-2-3-4-5-6-7-8-9-10-11-15-19-16-13-17-12-14-18/h17-18H,2-16H2,1H3. The Hall–Kier alpha value is 0.270. The molecule has 0 aromatic carbocycles. The van der Waals surface area contributed by atoms with E-state index in [0.717, 1.165) is 13.1 Å². The summed E-state index contributed by atoms with van der Waals surface area (Å²) in [5.41, 5.74) is 0. The van der Waals surface area contributed by atoms with Crippen molar-refractivity contribution < 1.29 is 5.11 Å². The van der Waals surface area contributed by atoms with Crippen LogP contribution < -0.4 is 5.32 Å². The Balaban J connectivity index is 2.88. The number of unbranched alkanes of at least 4 members (excludes halogenated alkanes) is 9. The van der Waals surface area contributed by atoms with Gasteiger partial charge < -0.3 is 10.4 Å². The smallest absolute Gasteiger partial charge is 0.0555 e. The molecular formula is C16H35NOS.